The van der Waals surface area contributed by atoms with Crippen LogP contribution >= 0.6 is 23.2 Å². The molecular weight excluding hydrogens is 283 g/mol. The van der Waals surface area contributed by atoms with E-state index in [0.717, 1.165) is 25.0 Å². The first-order chi connectivity index (χ1) is 8.45. The molecule has 0 radical (unpaired) electrons. The molecule has 0 aliphatic carbocycles. The molecule has 0 saturated heterocycles. The van der Waals surface area contributed by atoms with E-state index >= 15 is 0 Å². The lowest BCUT2D eigenvalue weighted by molar-refractivity contribution is 0.0948. The number of amides is 1. The lowest BCUT2D eigenvalue weighted by Crippen LogP contribution is -2.30. The van der Waals surface area contributed by atoms with Crippen LogP contribution in [0, 0.1) is 11.6 Å². The summed E-state index contributed by atoms with van der Waals surface area (Å²) in [5, 5.41) is 1.87. The molecule has 1 atom stereocenters. The zero-order valence-electron chi connectivity index (χ0n) is 9.77. The minimum Gasteiger partial charge on any atom is -0.350 e. The molecule has 0 heterocycles. The lowest BCUT2D eigenvalue weighted by atomic mass is 10.2. The Balaban J connectivity index is 2.70. The monoisotopic (exact) mass is 295 g/mol. The van der Waals surface area contributed by atoms with Gasteiger partial charge in [-0.1, -0.05) is 24.9 Å². The molecule has 100 valence electrons. The highest BCUT2D eigenvalue weighted by Gasteiger charge is 2.16. The number of halogens is 4. The highest BCUT2D eigenvalue weighted by atomic mass is 35.5. The summed E-state index contributed by atoms with van der Waals surface area (Å²) >= 11 is 11.3. The Morgan fingerprint density at radius 1 is 1.39 bits per heavy atom. The molecule has 0 fully saturated rings. The van der Waals surface area contributed by atoms with Crippen LogP contribution in [0.4, 0.5) is 8.78 Å². The van der Waals surface area contributed by atoms with Crippen molar-refractivity contribution in [2.24, 2.45) is 0 Å². The molecule has 0 saturated carbocycles. The third kappa shape index (κ3) is 4.10. The van der Waals surface area contributed by atoms with Gasteiger partial charge in [0, 0.05) is 6.54 Å². The van der Waals surface area contributed by atoms with Gasteiger partial charge < -0.3 is 5.32 Å². The fourth-order valence-corrected chi connectivity index (χ4v) is 1.86. The summed E-state index contributed by atoms with van der Waals surface area (Å²) in [5.74, 6) is -2.40. The maximum absolute atomic E-state index is 13.4. The Bertz CT molecular complexity index is 440. The van der Waals surface area contributed by atoms with Crippen molar-refractivity contribution >= 4 is 29.1 Å². The third-order valence-corrected chi connectivity index (χ3v) is 3.00. The van der Waals surface area contributed by atoms with E-state index in [2.05, 4.69) is 5.32 Å². The molecule has 1 N–H and O–H groups in total. The van der Waals surface area contributed by atoms with Crippen LogP contribution in [0.1, 0.15) is 30.1 Å². The summed E-state index contributed by atoms with van der Waals surface area (Å²) in [4.78, 5) is 11.6. The molecule has 1 unspecified atom stereocenters. The zero-order chi connectivity index (χ0) is 13.7. The molecular formula is C12H13Cl2F2NO. The minimum atomic E-state index is -0.861. The van der Waals surface area contributed by atoms with Gasteiger partial charge in [-0.05, 0) is 18.6 Å². The molecule has 1 rings (SSSR count). The van der Waals surface area contributed by atoms with E-state index in [9.17, 15) is 13.6 Å². The zero-order valence-corrected chi connectivity index (χ0v) is 11.3. The van der Waals surface area contributed by atoms with E-state index in [4.69, 9.17) is 23.2 Å². The molecule has 0 bridgehead atoms. The van der Waals surface area contributed by atoms with E-state index in [1.165, 1.54) is 0 Å². The molecule has 1 aromatic carbocycles. The second-order valence-electron chi connectivity index (χ2n) is 3.84. The van der Waals surface area contributed by atoms with Crippen molar-refractivity contribution in [3.8, 4) is 0 Å². The van der Waals surface area contributed by atoms with Crippen LogP contribution in [-0.4, -0.2) is 17.8 Å². The third-order valence-electron chi connectivity index (χ3n) is 2.34. The number of carbonyl (C=O) groups is 1. The predicted octanol–water partition coefficient (Wildman–Crippen LogP) is 3.76. The average molecular weight is 296 g/mol. The van der Waals surface area contributed by atoms with Crippen LogP contribution in [0.25, 0.3) is 0 Å². The first-order valence-corrected chi connectivity index (χ1v) is 6.34. The van der Waals surface area contributed by atoms with Gasteiger partial charge in [-0.2, -0.15) is 0 Å². The highest BCUT2D eigenvalue weighted by molar-refractivity contribution is 6.30. The van der Waals surface area contributed by atoms with Crippen LogP contribution in [-0.2, 0) is 0 Å². The fourth-order valence-electron chi connectivity index (χ4n) is 1.41. The first kappa shape index (κ1) is 15.2. The number of hydrogen-bond donors (Lipinski definition) is 1. The summed E-state index contributed by atoms with van der Waals surface area (Å²) in [6.45, 7) is 2.17. The van der Waals surface area contributed by atoms with Gasteiger partial charge in [-0.25, -0.2) is 8.78 Å². The SMILES string of the molecule is CCCC(Cl)CNC(=O)c1cc(F)c(Cl)cc1F. The molecule has 6 heteroatoms. The Kier molecular flexibility index (Phi) is 5.82. The van der Waals surface area contributed by atoms with Crippen molar-refractivity contribution in [2.75, 3.05) is 6.54 Å². The van der Waals surface area contributed by atoms with Gasteiger partial charge in [-0.15, -0.1) is 11.6 Å². The van der Waals surface area contributed by atoms with Gasteiger partial charge in [0.1, 0.15) is 11.6 Å². The van der Waals surface area contributed by atoms with Crippen molar-refractivity contribution in [3.63, 3.8) is 0 Å². The Morgan fingerprint density at radius 2 is 2.06 bits per heavy atom. The molecule has 0 aromatic heterocycles. The van der Waals surface area contributed by atoms with Gasteiger partial charge in [-0.3, -0.25) is 4.79 Å². The number of carbonyl (C=O) groups excluding carboxylic acids is 1. The molecule has 0 spiro atoms. The largest absolute Gasteiger partial charge is 0.350 e. The topological polar surface area (TPSA) is 29.1 Å². The van der Waals surface area contributed by atoms with E-state index in [1.54, 1.807) is 0 Å². The standard InChI is InChI=1S/C12H13Cl2F2NO/c1-2-3-7(13)6-17-12(18)8-4-11(16)9(14)5-10(8)15/h4-5,7H,2-3,6H2,1H3,(H,17,18). The van der Waals surface area contributed by atoms with Gasteiger partial charge in [0.25, 0.3) is 5.91 Å². The van der Waals surface area contributed by atoms with Crippen LogP contribution in [0.2, 0.25) is 5.02 Å². The number of hydrogen-bond acceptors (Lipinski definition) is 1. The summed E-state index contributed by atoms with van der Waals surface area (Å²) in [7, 11) is 0. The van der Waals surface area contributed by atoms with E-state index < -0.39 is 17.5 Å². The minimum absolute atomic E-state index is 0.206. The van der Waals surface area contributed by atoms with Crippen molar-refractivity contribution < 1.29 is 13.6 Å². The number of alkyl halides is 1. The maximum Gasteiger partial charge on any atom is 0.254 e. The fraction of sp³-hybridized carbons (Fsp3) is 0.417. The lowest BCUT2D eigenvalue weighted by Gasteiger charge is -2.10. The normalized spacial score (nSPS) is 12.3. The summed E-state index contributed by atoms with van der Waals surface area (Å²) in [6, 6.07) is 1.55. The van der Waals surface area contributed by atoms with Gasteiger partial charge in [0.15, 0.2) is 0 Å². The maximum atomic E-state index is 13.4. The second-order valence-corrected chi connectivity index (χ2v) is 4.87. The molecule has 0 aliphatic heterocycles. The molecule has 0 aliphatic rings. The second kappa shape index (κ2) is 6.90. The van der Waals surface area contributed by atoms with E-state index in [0.29, 0.717) is 0 Å². The highest BCUT2D eigenvalue weighted by Crippen LogP contribution is 2.19. The summed E-state index contributed by atoms with van der Waals surface area (Å²) in [5.41, 5.74) is -0.378. The van der Waals surface area contributed by atoms with Gasteiger partial charge in [0.2, 0.25) is 0 Å². The number of rotatable bonds is 5. The Morgan fingerprint density at radius 3 is 2.67 bits per heavy atom. The Hall–Kier alpha value is -0.870. The van der Waals surface area contributed by atoms with Gasteiger partial charge >= 0.3 is 0 Å². The smallest absolute Gasteiger partial charge is 0.254 e. The molecule has 2 nitrogen and oxygen atoms in total. The quantitative estimate of drug-likeness (QED) is 0.650. The predicted molar refractivity (Wildman–Crippen MR) is 68.3 cm³/mol. The van der Waals surface area contributed by atoms with Crippen molar-refractivity contribution in [3.05, 3.63) is 34.4 Å². The van der Waals surface area contributed by atoms with E-state index in [1.807, 2.05) is 6.92 Å². The number of nitrogens with one attached hydrogen (secondary N) is 1. The summed E-state index contributed by atoms with van der Waals surface area (Å²) < 4.78 is 26.5. The van der Waals surface area contributed by atoms with Crippen molar-refractivity contribution in [2.45, 2.75) is 25.1 Å². The van der Waals surface area contributed by atoms with Crippen molar-refractivity contribution in [1.29, 1.82) is 0 Å². The molecule has 1 aromatic rings. The van der Waals surface area contributed by atoms with Crippen LogP contribution < -0.4 is 5.32 Å². The summed E-state index contributed by atoms with van der Waals surface area (Å²) in [6.07, 6.45) is 1.62. The average Bonchev–Trinajstić information content (AvgIpc) is 2.31. The number of benzene rings is 1. The van der Waals surface area contributed by atoms with Crippen LogP contribution in [0.5, 0.6) is 0 Å². The first-order valence-electron chi connectivity index (χ1n) is 5.52. The van der Waals surface area contributed by atoms with Gasteiger partial charge in [0.05, 0.1) is 16.0 Å². The van der Waals surface area contributed by atoms with Crippen LogP contribution in [0.3, 0.4) is 0 Å². The Labute approximate surface area is 114 Å². The van der Waals surface area contributed by atoms with E-state index in [-0.39, 0.29) is 22.5 Å². The molecule has 1 amide bonds. The molecule has 18 heavy (non-hydrogen) atoms. The van der Waals surface area contributed by atoms with Crippen LogP contribution in [0.15, 0.2) is 12.1 Å². The van der Waals surface area contributed by atoms with Crippen molar-refractivity contribution in [1.82, 2.24) is 5.32 Å².